The van der Waals surface area contributed by atoms with Crippen LogP contribution in [0.3, 0.4) is 0 Å². The van der Waals surface area contributed by atoms with Crippen LogP contribution in [-0.4, -0.2) is 4.83 Å². The fourth-order valence-corrected chi connectivity index (χ4v) is 0.471. The highest BCUT2D eigenvalue weighted by Crippen LogP contribution is 2.14. The first-order chi connectivity index (χ1) is 3.18. The van der Waals surface area contributed by atoms with Crippen LogP contribution in [0.25, 0.3) is 0 Å². The van der Waals surface area contributed by atoms with Crippen molar-refractivity contribution >= 4 is 15.9 Å². The van der Waals surface area contributed by atoms with Crippen molar-refractivity contribution in [2.24, 2.45) is 5.92 Å². The second-order valence-corrected chi connectivity index (χ2v) is 3.34. The van der Waals surface area contributed by atoms with Crippen LogP contribution in [-0.2, 0) is 0 Å². The van der Waals surface area contributed by atoms with Crippen LogP contribution in [0.2, 0.25) is 0 Å². The van der Waals surface area contributed by atoms with Crippen molar-refractivity contribution in [3.63, 3.8) is 0 Å². The van der Waals surface area contributed by atoms with Gasteiger partial charge in [0.1, 0.15) is 0 Å². The summed E-state index contributed by atoms with van der Waals surface area (Å²) in [4.78, 5) is 0.715. The minimum absolute atomic E-state index is 0.715. The van der Waals surface area contributed by atoms with Gasteiger partial charge in [0.05, 0.1) is 0 Å². The van der Waals surface area contributed by atoms with Crippen molar-refractivity contribution < 1.29 is 0 Å². The van der Waals surface area contributed by atoms with Gasteiger partial charge in [0.25, 0.3) is 0 Å². The molecule has 0 spiro atoms. The Morgan fingerprint density at radius 2 is 1.86 bits per heavy atom. The molecule has 7 heavy (non-hydrogen) atoms. The Labute approximate surface area is 54.4 Å². The van der Waals surface area contributed by atoms with Gasteiger partial charge in [0, 0.05) is 4.83 Å². The molecule has 1 atom stereocenters. The van der Waals surface area contributed by atoms with Crippen molar-refractivity contribution in [2.75, 3.05) is 0 Å². The lowest BCUT2D eigenvalue weighted by Gasteiger charge is -2.08. The number of hydrogen-bond donors (Lipinski definition) is 0. The molecule has 0 aromatic carbocycles. The first-order valence-electron chi connectivity index (χ1n) is 2.82. The lowest BCUT2D eigenvalue weighted by molar-refractivity contribution is 0.603. The molecule has 0 N–H and O–H groups in total. The second-order valence-electron chi connectivity index (χ2n) is 2.17. The Hall–Kier alpha value is 0.480. The summed E-state index contributed by atoms with van der Waals surface area (Å²) in [6.45, 7) is 6.64. The molecule has 0 saturated carbocycles. The van der Waals surface area contributed by atoms with Gasteiger partial charge in [-0.1, -0.05) is 36.7 Å². The molecule has 0 aromatic heterocycles. The number of hydrogen-bond acceptors (Lipinski definition) is 0. The van der Waals surface area contributed by atoms with Crippen LogP contribution in [0.5, 0.6) is 0 Å². The quantitative estimate of drug-likeness (QED) is 0.552. The predicted molar refractivity (Wildman–Crippen MR) is 37.8 cm³/mol. The molecule has 0 aliphatic rings. The zero-order valence-corrected chi connectivity index (χ0v) is 6.83. The zero-order chi connectivity index (χ0) is 5.86. The molecule has 0 bridgehead atoms. The van der Waals surface area contributed by atoms with E-state index in [0.717, 1.165) is 5.92 Å². The van der Waals surface area contributed by atoms with Crippen molar-refractivity contribution in [1.82, 2.24) is 0 Å². The summed E-state index contributed by atoms with van der Waals surface area (Å²) in [7, 11) is 0. The minimum atomic E-state index is 0.715. The van der Waals surface area contributed by atoms with Crippen LogP contribution in [0.1, 0.15) is 27.2 Å². The van der Waals surface area contributed by atoms with Gasteiger partial charge in [-0.25, -0.2) is 0 Å². The lowest BCUT2D eigenvalue weighted by Crippen LogP contribution is -2.03. The fraction of sp³-hybridized carbons (Fsp3) is 1.00. The Morgan fingerprint density at radius 1 is 1.43 bits per heavy atom. The first-order valence-corrected chi connectivity index (χ1v) is 3.74. The average molecular weight is 165 g/mol. The maximum Gasteiger partial charge on any atom is 0.0166 e. The molecule has 0 nitrogen and oxygen atoms in total. The van der Waals surface area contributed by atoms with Gasteiger partial charge < -0.3 is 0 Å². The summed E-state index contributed by atoms with van der Waals surface area (Å²) in [5, 5.41) is 0. The third kappa shape index (κ3) is 3.10. The Kier molecular flexibility index (Phi) is 3.72. The van der Waals surface area contributed by atoms with Gasteiger partial charge in [-0.2, -0.15) is 0 Å². The van der Waals surface area contributed by atoms with Crippen LogP contribution < -0.4 is 0 Å². The first kappa shape index (κ1) is 7.48. The van der Waals surface area contributed by atoms with Crippen molar-refractivity contribution in [2.45, 2.75) is 32.0 Å². The van der Waals surface area contributed by atoms with Crippen molar-refractivity contribution in [1.29, 1.82) is 0 Å². The molecule has 0 radical (unpaired) electrons. The maximum atomic E-state index is 3.54. The average Bonchev–Trinajstić information content (AvgIpc) is 1.65. The van der Waals surface area contributed by atoms with E-state index in [1.807, 2.05) is 0 Å². The normalized spacial score (nSPS) is 15.0. The van der Waals surface area contributed by atoms with Gasteiger partial charge in [-0.15, -0.1) is 0 Å². The molecule has 0 aliphatic heterocycles. The van der Waals surface area contributed by atoms with E-state index in [4.69, 9.17) is 0 Å². The Morgan fingerprint density at radius 3 is 1.86 bits per heavy atom. The smallest absolute Gasteiger partial charge is 0.0166 e. The summed E-state index contributed by atoms with van der Waals surface area (Å²) < 4.78 is 0. The number of rotatable bonds is 2. The zero-order valence-electron chi connectivity index (χ0n) is 5.24. The molecule has 0 aromatic rings. The summed E-state index contributed by atoms with van der Waals surface area (Å²) >= 11 is 3.54. The molecular formula is C6H13Br. The molecule has 0 unspecified atom stereocenters. The highest BCUT2D eigenvalue weighted by atomic mass is 79.9. The topological polar surface area (TPSA) is 0 Å². The minimum Gasteiger partial charge on any atom is -0.0888 e. The molecule has 0 heterocycles. The molecule has 0 amide bonds. The molecular weight excluding hydrogens is 152 g/mol. The largest absolute Gasteiger partial charge is 0.0888 e. The van der Waals surface area contributed by atoms with E-state index >= 15 is 0 Å². The van der Waals surface area contributed by atoms with Crippen molar-refractivity contribution in [3.05, 3.63) is 0 Å². The molecule has 0 rings (SSSR count). The van der Waals surface area contributed by atoms with Gasteiger partial charge >= 0.3 is 0 Å². The van der Waals surface area contributed by atoms with E-state index in [9.17, 15) is 0 Å². The van der Waals surface area contributed by atoms with Crippen LogP contribution in [0, 0.1) is 5.92 Å². The van der Waals surface area contributed by atoms with E-state index in [1.54, 1.807) is 0 Å². The van der Waals surface area contributed by atoms with E-state index in [0.29, 0.717) is 4.83 Å². The van der Waals surface area contributed by atoms with E-state index in [1.165, 1.54) is 6.42 Å². The Balaban J connectivity index is 3.14. The Bertz CT molecular complexity index is 41.4. The summed E-state index contributed by atoms with van der Waals surface area (Å²) in [6.07, 6.45) is 1.23. The lowest BCUT2D eigenvalue weighted by atomic mass is 10.1. The van der Waals surface area contributed by atoms with E-state index in [-0.39, 0.29) is 0 Å². The fourth-order valence-electron chi connectivity index (χ4n) is 0.471. The molecule has 1 heteroatoms. The second kappa shape index (κ2) is 3.48. The number of alkyl halides is 1. The van der Waals surface area contributed by atoms with Gasteiger partial charge in [-0.05, 0) is 12.3 Å². The maximum absolute atomic E-state index is 3.54. The van der Waals surface area contributed by atoms with E-state index < -0.39 is 0 Å². The van der Waals surface area contributed by atoms with Gasteiger partial charge in [0.2, 0.25) is 0 Å². The van der Waals surface area contributed by atoms with E-state index in [2.05, 4.69) is 36.7 Å². The highest BCUT2D eigenvalue weighted by molar-refractivity contribution is 9.09. The molecule has 0 saturated heterocycles. The van der Waals surface area contributed by atoms with Crippen LogP contribution in [0.15, 0.2) is 0 Å². The SMILES string of the molecule is CC[C@@H](Br)C(C)C. The summed E-state index contributed by atoms with van der Waals surface area (Å²) in [5.41, 5.74) is 0. The van der Waals surface area contributed by atoms with Crippen LogP contribution in [0.4, 0.5) is 0 Å². The third-order valence-electron chi connectivity index (χ3n) is 1.11. The third-order valence-corrected chi connectivity index (χ3v) is 2.82. The van der Waals surface area contributed by atoms with Gasteiger partial charge in [-0.3, -0.25) is 0 Å². The summed E-state index contributed by atoms with van der Waals surface area (Å²) in [6, 6.07) is 0. The number of halogens is 1. The van der Waals surface area contributed by atoms with Crippen molar-refractivity contribution in [3.8, 4) is 0 Å². The van der Waals surface area contributed by atoms with Gasteiger partial charge in [0.15, 0.2) is 0 Å². The molecule has 0 fully saturated rings. The predicted octanol–water partition coefficient (Wildman–Crippen LogP) is 2.82. The summed E-state index contributed by atoms with van der Waals surface area (Å²) in [5.74, 6) is 0.782. The molecule has 44 valence electrons. The molecule has 0 aliphatic carbocycles. The highest BCUT2D eigenvalue weighted by Gasteiger charge is 2.03. The van der Waals surface area contributed by atoms with Crippen LogP contribution >= 0.6 is 15.9 Å². The monoisotopic (exact) mass is 164 g/mol. The standard InChI is InChI=1S/C6H13Br/c1-4-6(7)5(2)3/h5-6H,4H2,1-3H3/t6-/m1/s1.